The summed E-state index contributed by atoms with van der Waals surface area (Å²) < 4.78 is 1.22. The highest BCUT2D eigenvalue weighted by Crippen LogP contribution is 2.35. The minimum Gasteiger partial charge on any atom is -0.339 e. The number of aromatic nitrogens is 1. The van der Waals surface area contributed by atoms with Crippen molar-refractivity contribution in [2.45, 2.75) is 18.8 Å². The Morgan fingerprint density at radius 1 is 1.08 bits per heavy atom. The number of fused-ring (bicyclic) bond motifs is 1. The first-order chi connectivity index (χ1) is 12.1. The number of para-hydroxylation sites is 1. The first-order valence-electron chi connectivity index (χ1n) is 8.22. The molecule has 4 rings (SSSR count). The van der Waals surface area contributed by atoms with Crippen molar-refractivity contribution < 1.29 is 4.79 Å². The van der Waals surface area contributed by atoms with Crippen molar-refractivity contribution in [1.29, 1.82) is 0 Å². The van der Waals surface area contributed by atoms with Crippen LogP contribution in [0.25, 0.3) is 10.2 Å². The summed E-state index contributed by atoms with van der Waals surface area (Å²) in [6.07, 6.45) is 1.84. The Morgan fingerprint density at radius 3 is 2.60 bits per heavy atom. The first kappa shape index (κ1) is 16.8. The number of piperidine rings is 1. The summed E-state index contributed by atoms with van der Waals surface area (Å²) in [6, 6.07) is 13.4. The number of benzene rings is 2. The van der Waals surface area contributed by atoms with Gasteiger partial charge in [-0.05, 0) is 37.1 Å². The molecule has 1 aliphatic heterocycles. The number of likely N-dealkylation sites (tertiary alicyclic amines) is 1. The second kappa shape index (κ2) is 6.94. The second-order valence-corrected chi connectivity index (χ2v) is 8.04. The molecule has 0 radical (unpaired) electrons. The van der Waals surface area contributed by atoms with Gasteiger partial charge in [-0.25, -0.2) is 4.98 Å². The zero-order chi connectivity index (χ0) is 17.4. The molecule has 2 aromatic carbocycles. The molecule has 2 heterocycles. The summed E-state index contributed by atoms with van der Waals surface area (Å²) in [5.41, 5.74) is 1.54. The molecule has 128 valence electrons. The van der Waals surface area contributed by atoms with Crippen molar-refractivity contribution in [3.8, 4) is 0 Å². The average Bonchev–Trinajstić information content (AvgIpc) is 3.08. The number of hydrogen-bond acceptors (Lipinski definition) is 3. The minimum absolute atomic E-state index is 0.0461. The lowest BCUT2D eigenvalue weighted by Crippen LogP contribution is -2.38. The van der Waals surface area contributed by atoms with Crippen molar-refractivity contribution in [3.05, 3.63) is 63.1 Å². The molecule has 0 atom stereocenters. The SMILES string of the molecule is O=C(c1cccc(Cl)c1Cl)N1CCC(c2nc3ccccc3s2)CC1. The molecule has 0 spiro atoms. The molecule has 1 saturated heterocycles. The molecule has 0 N–H and O–H groups in total. The third-order valence-corrected chi connectivity index (χ3v) is 6.64. The highest BCUT2D eigenvalue weighted by atomic mass is 35.5. The molecule has 1 aliphatic rings. The zero-order valence-electron chi connectivity index (χ0n) is 13.4. The Hall–Kier alpha value is -1.62. The fourth-order valence-corrected chi connectivity index (χ4v) is 4.75. The maximum absolute atomic E-state index is 12.7. The Labute approximate surface area is 160 Å². The van der Waals surface area contributed by atoms with Crippen LogP contribution in [-0.4, -0.2) is 28.9 Å². The van der Waals surface area contributed by atoms with Gasteiger partial charge in [-0.15, -0.1) is 11.3 Å². The van der Waals surface area contributed by atoms with Gasteiger partial charge in [0.15, 0.2) is 0 Å². The van der Waals surface area contributed by atoms with Crippen molar-refractivity contribution >= 4 is 50.7 Å². The minimum atomic E-state index is -0.0461. The largest absolute Gasteiger partial charge is 0.339 e. The third kappa shape index (κ3) is 3.26. The summed E-state index contributed by atoms with van der Waals surface area (Å²) >= 11 is 14.0. The monoisotopic (exact) mass is 390 g/mol. The van der Waals surface area contributed by atoms with E-state index in [2.05, 4.69) is 12.1 Å². The molecule has 25 heavy (non-hydrogen) atoms. The van der Waals surface area contributed by atoms with Gasteiger partial charge in [-0.3, -0.25) is 4.79 Å². The van der Waals surface area contributed by atoms with Gasteiger partial charge in [-0.1, -0.05) is 41.4 Å². The molecular weight excluding hydrogens is 375 g/mol. The molecule has 1 fully saturated rings. The number of rotatable bonds is 2. The van der Waals surface area contributed by atoms with E-state index >= 15 is 0 Å². The van der Waals surface area contributed by atoms with Crippen molar-refractivity contribution in [3.63, 3.8) is 0 Å². The Bertz CT molecular complexity index is 899. The molecule has 1 amide bonds. The lowest BCUT2D eigenvalue weighted by Gasteiger charge is -2.31. The highest BCUT2D eigenvalue weighted by Gasteiger charge is 2.27. The van der Waals surface area contributed by atoms with E-state index in [1.165, 1.54) is 9.71 Å². The summed E-state index contributed by atoms with van der Waals surface area (Å²) in [7, 11) is 0. The van der Waals surface area contributed by atoms with Gasteiger partial charge < -0.3 is 4.90 Å². The van der Waals surface area contributed by atoms with Crippen LogP contribution >= 0.6 is 34.5 Å². The smallest absolute Gasteiger partial charge is 0.255 e. The predicted octanol–water partition coefficient (Wildman–Crippen LogP) is 5.62. The van der Waals surface area contributed by atoms with Crippen molar-refractivity contribution in [2.75, 3.05) is 13.1 Å². The topological polar surface area (TPSA) is 33.2 Å². The van der Waals surface area contributed by atoms with Crippen LogP contribution in [0.3, 0.4) is 0 Å². The number of nitrogens with zero attached hydrogens (tertiary/aromatic N) is 2. The van der Waals surface area contributed by atoms with Crippen LogP contribution in [0, 0.1) is 0 Å². The molecule has 0 saturated carbocycles. The standard InChI is InChI=1S/C19H16Cl2N2OS/c20-14-5-3-4-13(17(14)21)19(24)23-10-8-12(9-11-23)18-22-15-6-1-2-7-16(15)25-18/h1-7,12H,8-11H2. The molecule has 0 aliphatic carbocycles. The molecular formula is C19H16Cl2N2OS. The van der Waals surface area contributed by atoms with E-state index in [4.69, 9.17) is 28.2 Å². The van der Waals surface area contributed by atoms with E-state index in [0.29, 0.717) is 34.6 Å². The Kier molecular flexibility index (Phi) is 4.67. The molecule has 3 nitrogen and oxygen atoms in total. The van der Waals surface area contributed by atoms with Gasteiger partial charge in [0.2, 0.25) is 0 Å². The number of thiazole rings is 1. The molecule has 0 bridgehead atoms. The highest BCUT2D eigenvalue weighted by molar-refractivity contribution is 7.18. The fourth-order valence-electron chi connectivity index (χ4n) is 3.23. The van der Waals surface area contributed by atoms with E-state index in [9.17, 15) is 4.79 Å². The fraction of sp³-hybridized carbons (Fsp3) is 0.263. The summed E-state index contributed by atoms with van der Waals surface area (Å²) in [5.74, 6) is 0.367. The number of halogens is 2. The van der Waals surface area contributed by atoms with Gasteiger partial charge in [0, 0.05) is 19.0 Å². The van der Waals surface area contributed by atoms with Gasteiger partial charge in [0.1, 0.15) is 0 Å². The first-order valence-corrected chi connectivity index (χ1v) is 9.79. The van der Waals surface area contributed by atoms with Crippen LogP contribution in [0.15, 0.2) is 42.5 Å². The Balaban J connectivity index is 1.47. The lowest BCUT2D eigenvalue weighted by molar-refractivity contribution is 0.0713. The van der Waals surface area contributed by atoms with Crippen molar-refractivity contribution in [2.24, 2.45) is 0 Å². The van der Waals surface area contributed by atoms with Crippen molar-refractivity contribution in [1.82, 2.24) is 9.88 Å². The molecule has 6 heteroatoms. The number of hydrogen-bond donors (Lipinski definition) is 0. The van der Waals surface area contributed by atoms with Crippen LogP contribution in [0.4, 0.5) is 0 Å². The van der Waals surface area contributed by atoms with Crippen LogP contribution in [0.1, 0.15) is 34.1 Å². The van der Waals surface area contributed by atoms with E-state index in [0.717, 1.165) is 18.4 Å². The Morgan fingerprint density at radius 2 is 1.84 bits per heavy atom. The summed E-state index contributed by atoms with van der Waals surface area (Å²) in [6.45, 7) is 1.42. The average molecular weight is 391 g/mol. The summed E-state index contributed by atoms with van der Waals surface area (Å²) in [4.78, 5) is 19.4. The van der Waals surface area contributed by atoms with E-state index < -0.39 is 0 Å². The second-order valence-electron chi connectivity index (χ2n) is 6.19. The number of amides is 1. The third-order valence-electron chi connectivity index (χ3n) is 4.62. The van der Waals surface area contributed by atoms with Crippen LogP contribution in [0.2, 0.25) is 10.0 Å². The zero-order valence-corrected chi connectivity index (χ0v) is 15.7. The molecule has 0 unspecified atom stereocenters. The predicted molar refractivity (Wildman–Crippen MR) is 104 cm³/mol. The van der Waals surface area contributed by atoms with Crippen LogP contribution < -0.4 is 0 Å². The quantitative estimate of drug-likeness (QED) is 0.568. The van der Waals surface area contributed by atoms with Gasteiger partial charge >= 0.3 is 0 Å². The molecule has 3 aromatic rings. The lowest BCUT2D eigenvalue weighted by atomic mass is 9.97. The van der Waals surface area contributed by atoms with Crippen LogP contribution in [0.5, 0.6) is 0 Å². The van der Waals surface area contributed by atoms with E-state index in [1.807, 2.05) is 17.0 Å². The number of carbonyl (C=O) groups is 1. The van der Waals surface area contributed by atoms with Gasteiger partial charge in [0.05, 0.1) is 30.8 Å². The summed E-state index contributed by atoms with van der Waals surface area (Å²) in [5, 5.41) is 1.92. The maximum Gasteiger partial charge on any atom is 0.255 e. The normalized spacial score (nSPS) is 15.7. The van der Waals surface area contributed by atoms with E-state index in [1.54, 1.807) is 29.5 Å². The number of carbonyl (C=O) groups excluding carboxylic acids is 1. The van der Waals surface area contributed by atoms with E-state index in [-0.39, 0.29) is 5.91 Å². The van der Waals surface area contributed by atoms with Crippen LogP contribution in [-0.2, 0) is 0 Å². The van der Waals surface area contributed by atoms with Gasteiger partial charge in [-0.2, -0.15) is 0 Å². The van der Waals surface area contributed by atoms with Gasteiger partial charge in [0.25, 0.3) is 5.91 Å². The molecule has 1 aromatic heterocycles. The maximum atomic E-state index is 12.7.